The van der Waals surface area contributed by atoms with E-state index >= 15 is 0 Å². The summed E-state index contributed by atoms with van der Waals surface area (Å²) in [6.07, 6.45) is 6.36. The summed E-state index contributed by atoms with van der Waals surface area (Å²) in [5, 5.41) is 18.2. The Morgan fingerprint density at radius 3 is 2.32 bits per heavy atom. The number of oxime groups is 1. The van der Waals surface area contributed by atoms with Gasteiger partial charge in [-0.1, -0.05) is 39.6 Å². The lowest BCUT2D eigenvalue weighted by molar-refractivity contribution is 0.0168. The third kappa shape index (κ3) is 3.23. The molecule has 2 bridgehead atoms. The number of benzene rings is 1. The van der Waals surface area contributed by atoms with Crippen LogP contribution in [0.2, 0.25) is 10.0 Å². The number of hydrogen-bond donors (Lipinski definition) is 1. The van der Waals surface area contributed by atoms with Gasteiger partial charge in [0.15, 0.2) is 0 Å². The quantitative estimate of drug-likeness (QED) is 0.471. The number of halogens is 2. The molecule has 28 heavy (non-hydrogen) atoms. The number of nitrogens with zero attached hydrogens (tertiary/aromatic N) is 2. The third-order valence-corrected chi connectivity index (χ3v) is 6.97. The number of fused-ring (bicyclic) bond motifs is 2. The van der Waals surface area contributed by atoms with Gasteiger partial charge in [0.05, 0.1) is 28.5 Å². The van der Waals surface area contributed by atoms with Crippen LogP contribution in [-0.2, 0) is 11.3 Å². The van der Waals surface area contributed by atoms with Crippen molar-refractivity contribution in [3.63, 3.8) is 0 Å². The molecule has 1 heterocycles. The Morgan fingerprint density at radius 1 is 1.07 bits per heavy atom. The molecule has 0 spiro atoms. The molecule has 0 aliphatic heterocycles. The van der Waals surface area contributed by atoms with Crippen molar-refractivity contribution >= 4 is 28.9 Å². The van der Waals surface area contributed by atoms with Crippen LogP contribution in [0, 0.1) is 11.8 Å². The second-order valence-corrected chi connectivity index (χ2v) is 8.96. The Morgan fingerprint density at radius 2 is 1.71 bits per heavy atom. The van der Waals surface area contributed by atoms with Crippen LogP contribution >= 0.6 is 23.2 Å². The topological polar surface area (TPSA) is 67.9 Å². The van der Waals surface area contributed by atoms with Gasteiger partial charge in [-0.2, -0.15) is 0 Å². The van der Waals surface area contributed by atoms with Gasteiger partial charge in [0.25, 0.3) is 0 Å². The number of hydrogen-bond acceptors (Lipinski definition) is 5. The van der Waals surface area contributed by atoms with E-state index in [1.807, 2.05) is 18.2 Å². The standard InChI is InChI=1S/C21H22Cl2N2O3/c22-16-2-1-3-17(23)18(16)20-15(21(28-25-20)11-4-5-11)10-27-14-8-12-6-7-13(9-14)19(12)24-26/h1-3,11-14,26H,4-10H2/t12-,13+,14+. The summed E-state index contributed by atoms with van der Waals surface area (Å²) in [7, 11) is 0. The van der Waals surface area contributed by atoms with Gasteiger partial charge in [-0.3, -0.25) is 0 Å². The molecule has 5 rings (SSSR count). The molecule has 0 amide bonds. The van der Waals surface area contributed by atoms with Crippen molar-refractivity contribution in [1.29, 1.82) is 0 Å². The van der Waals surface area contributed by atoms with Crippen LogP contribution < -0.4 is 0 Å². The molecule has 1 N–H and O–H groups in total. The minimum Gasteiger partial charge on any atom is -0.411 e. The molecule has 3 atom stereocenters. The van der Waals surface area contributed by atoms with Crippen LogP contribution in [0.25, 0.3) is 11.3 Å². The zero-order valence-corrected chi connectivity index (χ0v) is 16.9. The number of aromatic nitrogens is 1. The van der Waals surface area contributed by atoms with Gasteiger partial charge in [-0.15, -0.1) is 0 Å². The van der Waals surface area contributed by atoms with E-state index < -0.39 is 0 Å². The van der Waals surface area contributed by atoms with E-state index in [0.717, 1.165) is 55.6 Å². The summed E-state index contributed by atoms with van der Waals surface area (Å²) >= 11 is 12.8. The van der Waals surface area contributed by atoms with Crippen molar-refractivity contribution < 1.29 is 14.5 Å². The van der Waals surface area contributed by atoms with Crippen molar-refractivity contribution in [3.8, 4) is 11.3 Å². The number of rotatable bonds is 5. The van der Waals surface area contributed by atoms with Gasteiger partial charge in [0.1, 0.15) is 11.5 Å². The fraction of sp³-hybridized carbons (Fsp3) is 0.524. The molecule has 0 radical (unpaired) electrons. The first kappa shape index (κ1) is 18.5. The molecule has 3 aliphatic rings. The summed E-state index contributed by atoms with van der Waals surface area (Å²) in [6.45, 7) is 0.432. The zero-order valence-electron chi connectivity index (χ0n) is 15.4. The molecule has 7 heteroatoms. The molecule has 1 aromatic heterocycles. The lowest BCUT2D eigenvalue weighted by atomic mass is 9.85. The minimum absolute atomic E-state index is 0.152. The smallest absolute Gasteiger partial charge is 0.145 e. The van der Waals surface area contributed by atoms with Crippen molar-refractivity contribution in [3.05, 3.63) is 39.6 Å². The highest BCUT2D eigenvalue weighted by Gasteiger charge is 2.41. The van der Waals surface area contributed by atoms with Crippen LogP contribution in [0.3, 0.4) is 0 Å². The van der Waals surface area contributed by atoms with Gasteiger partial charge >= 0.3 is 0 Å². The Bertz CT molecular complexity index is 886. The van der Waals surface area contributed by atoms with E-state index in [4.69, 9.17) is 32.5 Å². The highest BCUT2D eigenvalue weighted by Crippen LogP contribution is 2.47. The van der Waals surface area contributed by atoms with Crippen molar-refractivity contribution in [2.45, 2.75) is 57.2 Å². The van der Waals surface area contributed by atoms with Gasteiger partial charge < -0.3 is 14.5 Å². The molecule has 3 aliphatic carbocycles. The second kappa shape index (κ2) is 7.36. The Hall–Kier alpha value is -1.56. The first-order valence-corrected chi connectivity index (χ1v) is 10.7. The van der Waals surface area contributed by atoms with E-state index in [1.54, 1.807) is 0 Å². The molecular weight excluding hydrogens is 399 g/mol. The molecule has 3 fully saturated rings. The molecule has 3 saturated carbocycles. The summed E-state index contributed by atoms with van der Waals surface area (Å²) in [6, 6.07) is 5.45. The lowest BCUT2D eigenvalue weighted by Gasteiger charge is -2.28. The molecular formula is C21H22Cl2N2O3. The summed E-state index contributed by atoms with van der Waals surface area (Å²) in [4.78, 5) is 0. The SMILES string of the molecule is ON=C1[C@@H]2CC[C@H]1C[C@@H](OCc1c(-c3c(Cl)cccc3Cl)noc1C1CC1)C2. The molecule has 1 aromatic carbocycles. The second-order valence-electron chi connectivity index (χ2n) is 8.15. The fourth-order valence-electron chi connectivity index (χ4n) is 4.79. The maximum Gasteiger partial charge on any atom is 0.145 e. The van der Waals surface area contributed by atoms with Gasteiger partial charge in [0.2, 0.25) is 0 Å². The molecule has 0 unspecified atom stereocenters. The normalized spacial score (nSPS) is 28.2. The van der Waals surface area contributed by atoms with Crippen molar-refractivity contribution in [2.24, 2.45) is 17.0 Å². The maximum atomic E-state index is 9.26. The average Bonchev–Trinajstić information content (AvgIpc) is 3.39. The third-order valence-electron chi connectivity index (χ3n) is 6.34. The fourth-order valence-corrected chi connectivity index (χ4v) is 5.36. The Kier molecular flexibility index (Phi) is 4.85. The molecule has 148 valence electrons. The van der Waals surface area contributed by atoms with Crippen LogP contribution in [-0.4, -0.2) is 22.2 Å². The van der Waals surface area contributed by atoms with E-state index in [1.165, 1.54) is 0 Å². The van der Waals surface area contributed by atoms with Gasteiger partial charge in [0, 0.05) is 28.9 Å². The van der Waals surface area contributed by atoms with Crippen LogP contribution in [0.15, 0.2) is 27.9 Å². The molecule has 2 aromatic rings. The van der Waals surface area contributed by atoms with Crippen LogP contribution in [0.4, 0.5) is 0 Å². The Balaban J connectivity index is 1.40. The minimum atomic E-state index is 0.152. The predicted octanol–water partition coefficient (Wildman–Crippen LogP) is 6.06. The summed E-state index contributed by atoms with van der Waals surface area (Å²) in [5.41, 5.74) is 3.32. The van der Waals surface area contributed by atoms with Crippen molar-refractivity contribution in [2.75, 3.05) is 0 Å². The summed E-state index contributed by atoms with van der Waals surface area (Å²) in [5.74, 6) is 2.01. The van der Waals surface area contributed by atoms with E-state index in [2.05, 4.69) is 10.3 Å². The highest BCUT2D eigenvalue weighted by molar-refractivity contribution is 6.39. The average molecular weight is 421 g/mol. The maximum absolute atomic E-state index is 9.26. The van der Waals surface area contributed by atoms with E-state index in [0.29, 0.717) is 45.7 Å². The van der Waals surface area contributed by atoms with Gasteiger partial charge in [-0.25, -0.2) is 0 Å². The molecule has 0 saturated heterocycles. The first-order valence-electron chi connectivity index (χ1n) is 9.92. The largest absolute Gasteiger partial charge is 0.411 e. The van der Waals surface area contributed by atoms with E-state index in [-0.39, 0.29) is 6.10 Å². The first-order chi connectivity index (χ1) is 13.7. The van der Waals surface area contributed by atoms with Gasteiger partial charge in [-0.05, 0) is 50.7 Å². The van der Waals surface area contributed by atoms with E-state index in [9.17, 15) is 5.21 Å². The monoisotopic (exact) mass is 420 g/mol. The zero-order chi connectivity index (χ0) is 19.3. The van der Waals surface area contributed by atoms with Crippen molar-refractivity contribution in [1.82, 2.24) is 5.16 Å². The van der Waals surface area contributed by atoms with Crippen LogP contribution in [0.1, 0.15) is 55.8 Å². The lowest BCUT2D eigenvalue weighted by Crippen LogP contribution is -2.31. The van der Waals surface area contributed by atoms with Crippen LogP contribution in [0.5, 0.6) is 0 Å². The Labute approximate surface area is 173 Å². The predicted molar refractivity (Wildman–Crippen MR) is 107 cm³/mol. The molecule has 5 nitrogen and oxygen atoms in total. The summed E-state index contributed by atoms with van der Waals surface area (Å²) < 4.78 is 12.1. The number of ether oxygens (including phenoxy) is 1. The highest BCUT2D eigenvalue weighted by atomic mass is 35.5.